The predicted octanol–water partition coefficient (Wildman–Crippen LogP) is 9.24. The van der Waals surface area contributed by atoms with Crippen LogP contribution in [0.1, 0.15) is 90.1 Å². The first-order chi connectivity index (χ1) is 26.5. The first-order valence-corrected chi connectivity index (χ1v) is 27.9. The third-order valence-electron chi connectivity index (χ3n) is 10.5. The second-order valence-electron chi connectivity index (χ2n) is 19.6. The molecule has 2 atom stereocenters. The minimum absolute atomic E-state index is 0.0266. The van der Waals surface area contributed by atoms with Crippen LogP contribution in [-0.2, 0) is 24.5 Å². The molecule has 57 heavy (non-hydrogen) atoms. The Morgan fingerprint density at radius 3 is 2.05 bits per heavy atom. The van der Waals surface area contributed by atoms with Crippen LogP contribution < -0.4 is 4.90 Å². The molecule has 316 valence electrons. The highest BCUT2D eigenvalue weighted by Crippen LogP contribution is 2.47. The lowest BCUT2D eigenvalue weighted by Gasteiger charge is -2.40. The zero-order chi connectivity index (χ0) is 42.1. The Morgan fingerprint density at radius 1 is 0.982 bits per heavy atom. The molecule has 2 fully saturated rings. The molecular weight excluding hydrogens is 760 g/mol. The normalized spacial score (nSPS) is 19.0. The minimum Gasteiger partial charge on any atom is -0.494 e. The number of fused-ring (bicyclic) bond motifs is 3. The zero-order valence-electron chi connectivity index (χ0n) is 36.5. The van der Waals surface area contributed by atoms with Gasteiger partial charge in [0.15, 0.2) is 5.65 Å². The van der Waals surface area contributed by atoms with E-state index in [4.69, 9.17) is 29.0 Å². The van der Waals surface area contributed by atoms with Gasteiger partial charge in [-0.2, -0.15) is 9.61 Å². The number of piperidine rings is 1. The second kappa shape index (κ2) is 17.5. The zero-order valence-corrected chi connectivity index (χ0v) is 38.5. The molecular formula is C42H67FN6O6Si2. The van der Waals surface area contributed by atoms with Gasteiger partial charge in [-0.1, -0.05) is 45.9 Å². The Morgan fingerprint density at radius 2 is 1.56 bits per heavy atom. The summed E-state index contributed by atoms with van der Waals surface area (Å²) in [6.45, 7) is 31.1. The number of carbonyl (C=O) groups is 1. The standard InChI is InChI=1S/C42H67FN6O6Si2/c1-14-54-28(2)35-36(29-21-31-15-16-32(22-29)48(31)40(50)55-41(3,4)5)46-38-33(30-23-34(43)37(44-24-30)42(6,7)51)25-45-49(38)39(35)47(26-52-17-19-56(8,9)10)27-53-18-20-57(11,12)13/h23-25,29,31-32,51H,2,14-22,26-27H2,1,3-13H3. The van der Waals surface area contributed by atoms with E-state index in [1.54, 1.807) is 16.9 Å². The molecule has 0 aromatic carbocycles. The molecule has 1 N–H and O–H groups in total. The maximum absolute atomic E-state index is 15.6. The maximum atomic E-state index is 15.6. The van der Waals surface area contributed by atoms with Crippen molar-refractivity contribution in [1.29, 1.82) is 0 Å². The van der Waals surface area contributed by atoms with Gasteiger partial charge in [-0.3, -0.25) is 4.98 Å². The first-order valence-electron chi connectivity index (χ1n) is 20.5. The summed E-state index contributed by atoms with van der Waals surface area (Å²) in [5.41, 5.74) is 0.919. The molecule has 2 bridgehead atoms. The molecule has 2 aliphatic rings. The van der Waals surface area contributed by atoms with Crippen LogP contribution >= 0.6 is 0 Å². The smallest absolute Gasteiger partial charge is 0.410 e. The summed E-state index contributed by atoms with van der Waals surface area (Å²) in [5.74, 6) is 0.409. The molecule has 5 rings (SSSR count). The maximum Gasteiger partial charge on any atom is 0.410 e. The molecule has 2 aliphatic heterocycles. The van der Waals surface area contributed by atoms with Crippen LogP contribution in [0.5, 0.6) is 0 Å². The van der Waals surface area contributed by atoms with E-state index < -0.39 is 33.2 Å². The van der Waals surface area contributed by atoms with Gasteiger partial charge in [-0.05, 0) is 85.4 Å². The molecule has 0 aliphatic carbocycles. The largest absolute Gasteiger partial charge is 0.494 e. The van der Waals surface area contributed by atoms with Gasteiger partial charge in [0, 0.05) is 64.7 Å². The summed E-state index contributed by atoms with van der Waals surface area (Å²) in [6, 6.07) is 3.32. The highest BCUT2D eigenvalue weighted by molar-refractivity contribution is 6.76. The van der Waals surface area contributed by atoms with Crippen molar-refractivity contribution in [2.45, 2.75) is 148 Å². The molecule has 0 saturated carbocycles. The van der Waals surface area contributed by atoms with Crippen LogP contribution in [0.15, 0.2) is 25.0 Å². The summed E-state index contributed by atoms with van der Waals surface area (Å²) < 4.78 is 42.4. The monoisotopic (exact) mass is 826 g/mol. The molecule has 5 heterocycles. The number of ether oxygens (including phenoxy) is 4. The third-order valence-corrected chi connectivity index (χ3v) is 13.9. The van der Waals surface area contributed by atoms with E-state index in [2.05, 4.69) is 50.8 Å². The number of halogens is 1. The summed E-state index contributed by atoms with van der Waals surface area (Å²) in [7, 11) is -2.77. The van der Waals surface area contributed by atoms with Crippen molar-refractivity contribution in [2.75, 3.05) is 38.2 Å². The number of aromatic nitrogens is 4. The van der Waals surface area contributed by atoms with E-state index in [-0.39, 0.29) is 43.3 Å². The lowest BCUT2D eigenvalue weighted by Crippen LogP contribution is -2.48. The second-order valence-corrected chi connectivity index (χ2v) is 30.9. The van der Waals surface area contributed by atoms with Crippen molar-refractivity contribution in [3.63, 3.8) is 0 Å². The Hall–Kier alpha value is -3.38. The summed E-state index contributed by atoms with van der Waals surface area (Å²) in [5, 5.41) is 15.5. The number of rotatable bonds is 17. The number of amides is 1. The Balaban J connectivity index is 1.69. The van der Waals surface area contributed by atoms with Crippen molar-refractivity contribution in [2.24, 2.45) is 0 Å². The molecule has 0 spiro atoms. The van der Waals surface area contributed by atoms with E-state index in [1.807, 2.05) is 37.5 Å². The van der Waals surface area contributed by atoms with Crippen LogP contribution in [0.3, 0.4) is 0 Å². The SMILES string of the molecule is C=C(OCC)c1c(C2CC3CCC(C2)N3C(=O)OC(C)(C)C)nc2c(-c3cnc(C(C)(C)O)c(F)c3)cnn2c1N(COCC[Si](C)(C)C)COCC[Si](C)(C)C. The number of carbonyl (C=O) groups excluding carboxylic acids is 1. The van der Waals surface area contributed by atoms with Gasteiger partial charge < -0.3 is 33.9 Å². The Bertz CT molecular complexity index is 1860. The van der Waals surface area contributed by atoms with Gasteiger partial charge in [-0.25, -0.2) is 14.2 Å². The summed E-state index contributed by atoms with van der Waals surface area (Å²) in [4.78, 5) is 27.2. The van der Waals surface area contributed by atoms with Gasteiger partial charge in [0.25, 0.3) is 0 Å². The van der Waals surface area contributed by atoms with Gasteiger partial charge in [-0.15, -0.1) is 0 Å². The van der Waals surface area contributed by atoms with Crippen molar-refractivity contribution in [3.8, 4) is 11.1 Å². The Labute approximate surface area is 341 Å². The fourth-order valence-corrected chi connectivity index (χ4v) is 9.13. The molecule has 12 nitrogen and oxygen atoms in total. The van der Waals surface area contributed by atoms with Crippen LogP contribution in [0.2, 0.25) is 51.4 Å². The lowest BCUT2D eigenvalue weighted by molar-refractivity contribution is 0.00565. The minimum atomic E-state index is -1.46. The molecule has 3 aromatic rings. The van der Waals surface area contributed by atoms with Gasteiger partial charge in [0.1, 0.15) is 47.8 Å². The quantitative estimate of drug-likeness (QED) is 0.0610. The van der Waals surface area contributed by atoms with Crippen LogP contribution in [0, 0.1) is 5.82 Å². The number of hydrogen-bond acceptors (Lipinski definition) is 10. The predicted molar refractivity (Wildman–Crippen MR) is 229 cm³/mol. The van der Waals surface area contributed by atoms with Crippen molar-refractivity contribution in [3.05, 3.63) is 47.8 Å². The van der Waals surface area contributed by atoms with E-state index >= 15 is 4.39 Å². The molecule has 3 aromatic heterocycles. The number of pyridine rings is 1. The topological polar surface area (TPSA) is 124 Å². The van der Waals surface area contributed by atoms with Crippen LogP contribution in [0.25, 0.3) is 22.5 Å². The molecule has 1 amide bonds. The average Bonchev–Trinajstić information content (AvgIpc) is 3.62. The van der Waals surface area contributed by atoms with E-state index in [0.29, 0.717) is 66.6 Å². The van der Waals surface area contributed by atoms with Crippen molar-refractivity contribution in [1.82, 2.24) is 24.5 Å². The van der Waals surface area contributed by atoms with E-state index in [1.165, 1.54) is 19.9 Å². The van der Waals surface area contributed by atoms with Gasteiger partial charge >= 0.3 is 6.09 Å². The van der Waals surface area contributed by atoms with E-state index in [9.17, 15) is 9.90 Å². The summed E-state index contributed by atoms with van der Waals surface area (Å²) in [6.07, 6.45) is 6.03. The van der Waals surface area contributed by atoms with Gasteiger partial charge in [0.2, 0.25) is 0 Å². The number of anilines is 1. The molecule has 0 radical (unpaired) electrons. The lowest BCUT2D eigenvalue weighted by atomic mass is 9.85. The highest BCUT2D eigenvalue weighted by Gasteiger charge is 2.47. The number of nitrogens with zero attached hydrogens (tertiary/aromatic N) is 6. The third kappa shape index (κ3) is 11.2. The van der Waals surface area contributed by atoms with Crippen molar-refractivity contribution >= 4 is 39.5 Å². The van der Waals surface area contributed by atoms with Crippen LogP contribution in [0.4, 0.5) is 15.0 Å². The summed E-state index contributed by atoms with van der Waals surface area (Å²) >= 11 is 0. The highest BCUT2D eigenvalue weighted by atomic mass is 28.3. The Kier molecular flexibility index (Phi) is 13.7. The number of hydrogen-bond donors (Lipinski definition) is 1. The fraction of sp³-hybridized carbons (Fsp3) is 0.667. The molecule has 2 unspecified atom stereocenters. The number of aliphatic hydroxyl groups is 1. The van der Waals surface area contributed by atoms with Gasteiger partial charge in [0.05, 0.1) is 24.1 Å². The average molecular weight is 827 g/mol. The van der Waals surface area contributed by atoms with Crippen molar-refractivity contribution < 1.29 is 33.2 Å². The van der Waals surface area contributed by atoms with E-state index in [0.717, 1.165) is 30.6 Å². The molecule has 2 saturated heterocycles. The fourth-order valence-electron chi connectivity index (χ4n) is 7.61. The molecule has 15 heteroatoms. The first kappa shape index (κ1) is 44.7. The van der Waals surface area contributed by atoms with Crippen LogP contribution in [-0.4, -0.2) is 103 Å².